The third kappa shape index (κ3) is 4.15. The first-order valence-corrected chi connectivity index (χ1v) is 6.30. The highest BCUT2D eigenvalue weighted by atomic mass is 16.5. The Morgan fingerprint density at radius 2 is 2.47 bits per heavy atom. The van der Waals surface area contributed by atoms with E-state index in [-0.39, 0.29) is 0 Å². The van der Waals surface area contributed by atoms with E-state index < -0.39 is 0 Å². The Bertz CT molecular complexity index is 313. The molecule has 17 heavy (non-hydrogen) atoms. The lowest BCUT2D eigenvalue weighted by Crippen LogP contribution is -2.46. The van der Waals surface area contributed by atoms with Gasteiger partial charge < -0.3 is 19.4 Å². The molecule has 4 nitrogen and oxygen atoms in total. The van der Waals surface area contributed by atoms with Gasteiger partial charge in [-0.05, 0) is 26.1 Å². The highest BCUT2D eigenvalue weighted by Crippen LogP contribution is 2.05. The van der Waals surface area contributed by atoms with Crippen LogP contribution in [-0.2, 0) is 11.2 Å². The molecule has 0 radical (unpaired) electrons. The molecular weight excluding hydrogens is 216 g/mol. The van der Waals surface area contributed by atoms with Crippen molar-refractivity contribution in [1.82, 2.24) is 10.2 Å². The van der Waals surface area contributed by atoms with Gasteiger partial charge in [0.05, 0.1) is 19.0 Å². The smallest absolute Gasteiger partial charge is 0.105 e. The van der Waals surface area contributed by atoms with Crippen LogP contribution in [0.15, 0.2) is 22.8 Å². The van der Waals surface area contributed by atoms with E-state index in [4.69, 9.17) is 9.15 Å². The van der Waals surface area contributed by atoms with Gasteiger partial charge in [0.2, 0.25) is 0 Å². The van der Waals surface area contributed by atoms with Crippen LogP contribution < -0.4 is 5.32 Å². The Morgan fingerprint density at radius 3 is 3.18 bits per heavy atom. The van der Waals surface area contributed by atoms with Crippen LogP contribution in [-0.4, -0.2) is 50.3 Å². The number of likely N-dealkylation sites (N-methyl/N-ethyl adjacent to an activating group) is 1. The number of hydrogen-bond donors (Lipinski definition) is 1. The van der Waals surface area contributed by atoms with E-state index in [0.29, 0.717) is 12.1 Å². The van der Waals surface area contributed by atoms with Crippen molar-refractivity contribution < 1.29 is 9.15 Å². The number of rotatable bonds is 5. The van der Waals surface area contributed by atoms with Crippen molar-refractivity contribution in [2.75, 3.05) is 33.3 Å². The van der Waals surface area contributed by atoms with E-state index >= 15 is 0 Å². The summed E-state index contributed by atoms with van der Waals surface area (Å²) in [5.74, 6) is 1.03. The summed E-state index contributed by atoms with van der Waals surface area (Å²) in [4.78, 5) is 2.31. The topological polar surface area (TPSA) is 37.6 Å². The zero-order valence-electron chi connectivity index (χ0n) is 10.7. The van der Waals surface area contributed by atoms with Crippen LogP contribution in [0.25, 0.3) is 0 Å². The maximum atomic E-state index is 5.71. The lowest BCUT2D eigenvalue weighted by atomic mass is 10.2. The average molecular weight is 238 g/mol. The van der Waals surface area contributed by atoms with Crippen molar-refractivity contribution in [2.45, 2.75) is 25.5 Å². The summed E-state index contributed by atoms with van der Waals surface area (Å²) < 4.78 is 11.0. The molecule has 2 atom stereocenters. The SMILES string of the molecule is CC(Cc1ccco1)NCC1CN(C)CCO1. The summed E-state index contributed by atoms with van der Waals surface area (Å²) >= 11 is 0. The van der Waals surface area contributed by atoms with Gasteiger partial charge in [-0.15, -0.1) is 0 Å². The fourth-order valence-electron chi connectivity index (χ4n) is 2.13. The zero-order chi connectivity index (χ0) is 12.1. The highest BCUT2D eigenvalue weighted by molar-refractivity contribution is 4.99. The van der Waals surface area contributed by atoms with Crippen molar-refractivity contribution in [3.63, 3.8) is 0 Å². The summed E-state index contributed by atoms with van der Waals surface area (Å²) in [6.07, 6.45) is 2.96. The van der Waals surface area contributed by atoms with Crippen molar-refractivity contribution >= 4 is 0 Å². The fraction of sp³-hybridized carbons (Fsp3) is 0.692. The monoisotopic (exact) mass is 238 g/mol. The van der Waals surface area contributed by atoms with E-state index in [9.17, 15) is 0 Å². The lowest BCUT2D eigenvalue weighted by molar-refractivity contribution is -0.0191. The average Bonchev–Trinajstić information content (AvgIpc) is 2.79. The van der Waals surface area contributed by atoms with Gasteiger partial charge in [0, 0.05) is 32.1 Å². The molecule has 1 saturated heterocycles. The first-order chi connectivity index (χ1) is 8.24. The van der Waals surface area contributed by atoms with Crippen molar-refractivity contribution in [2.24, 2.45) is 0 Å². The molecule has 0 aromatic carbocycles. The van der Waals surface area contributed by atoms with Gasteiger partial charge in [0.25, 0.3) is 0 Å². The van der Waals surface area contributed by atoms with E-state index in [0.717, 1.165) is 38.4 Å². The molecule has 0 spiro atoms. The minimum absolute atomic E-state index is 0.313. The number of furan rings is 1. The molecule has 2 unspecified atom stereocenters. The zero-order valence-corrected chi connectivity index (χ0v) is 10.7. The molecule has 4 heteroatoms. The van der Waals surface area contributed by atoms with Crippen molar-refractivity contribution in [1.29, 1.82) is 0 Å². The molecule has 1 aromatic heterocycles. The standard InChI is InChI=1S/C13H22N2O2/c1-11(8-12-4-3-6-16-12)14-9-13-10-15(2)5-7-17-13/h3-4,6,11,13-14H,5,7-10H2,1-2H3. The number of nitrogens with zero attached hydrogens (tertiary/aromatic N) is 1. The summed E-state index contributed by atoms with van der Waals surface area (Å²) in [5, 5.41) is 3.50. The molecule has 2 heterocycles. The van der Waals surface area contributed by atoms with E-state index in [1.165, 1.54) is 0 Å². The van der Waals surface area contributed by atoms with Crippen LogP contribution in [0.1, 0.15) is 12.7 Å². The molecule has 1 N–H and O–H groups in total. The summed E-state index contributed by atoms with van der Waals surface area (Å²) in [5.41, 5.74) is 0. The Balaban J connectivity index is 1.67. The van der Waals surface area contributed by atoms with Gasteiger partial charge in [-0.3, -0.25) is 0 Å². The molecule has 0 bridgehead atoms. The van der Waals surface area contributed by atoms with Gasteiger partial charge in [0.15, 0.2) is 0 Å². The van der Waals surface area contributed by atoms with Gasteiger partial charge in [-0.2, -0.15) is 0 Å². The van der Waals surface area contributed by atoms with Gasteiger partial charge in [0.1, 0.15) is 5.76 Å². The van der Waals surface area contributed by atoms with Crippen LogP contribution >= 0.6 is 0 Å². The molecule has 0 amide bonds. The maximum absolute atomic E-state index is 5.71. The Hall–Kier alpha value is -0.840. The molecule has 1 aliphatic rings. The third-order valence-corrected chi connectivity index (χ3v) is 3.12. The minimum Gasteiger partial charge on any atom is -0.469 e. The van der Waals surface area contributed by atoms with Crippen molar-refractivity contribution in [3.8, 4) is 0 Å². The van der Waals surface area contributed by atoms with E-state index in [1.807, 2.05) is 12.1 Å². The van der Waals surface area contributed by atoms with Crippen LogP contribution in [0.3, 0.4) is 0 Å². The van der Waals surface area contributed by atoms with Crippen LogP contribution in [0.4, 0.5) is 0 Å². The molecule has 0 aliphatic carbocycles. The molecule has 1 aliphatic heterocycles. The third-order valence-electron chi connectivity index (χ3n) is 3.12. The van der Waals surface area contributed by atoms with Crippen molar-refractivity contribution in [3.05, 3.63) is 24.2 Å². The minimum atomic E-state index is 0.313. The molecule has 0 saturated carbocycles. The van der Waals surface area contributed by atoms with Crippen LogP contribution in [0, 0.1) is 0 Å². The summed E-state index contributed by atoms with van der Waals surface area (Å²) in [6, 6.07) is 4.36. The number of nitrogens with one attached hydrogen (secondary N) is 1. The second-order valence-electron chi connectivity index (χ2n) is 4.85. The second-order valence-corrected chi connectivity index (χ2v) is 4.85. The van der Waals surface area contributed by atoms with Crippen LogP contribution in [0.2, 0.25) is 0 Å². The summed E-state index contributed by atoms with van der Waals surface area (Å²) in [6.45, 7) is 5.98. The normalized spacial score (nSPS) is 23.8. The Labute approximate surface area is 103 Å². The Kier molecular flexibility index (Phi) is 4.59. The quantitative estimate of drug-likeness (QED) is 0.834. The summed E-state index contributed by atoms with van der Waals surface area (Å²) in [7, 11) is 2.14. The first kappa shape index (κ1) is 12.6. The van der Waals surface area contributed by atoms with Crippen LogP contribution in [0.5, 0.6) is 0 Å². The number of hydrogen-bond acceptors (Lipinski definition) is 4. The van der Waals surface area contributed by atoms with Gasteiger partial charge in [-0.1, -0.05) is 0 Å². The fourth-order valence-corrected chi connectivity index (χ4v) is 2.13. The Morgan fingerprint density at radius 1 is 1.59 bits per heavy atom. The first-order valence-electron chi connectivity index (χ1n) is 6.30. The van der Waals surface area contributed by atoms with Gasteiger partial charge >= 0.3 is 0 Å². The van der Waals surface area contributed by atoms with Gasteiger partial charge in [-0.25, -0.2) is 0 Å². The maximum Gasteiger partial charge on any atom is 0.105 e. The number of morpholine rings is 1. The molecule has 96 valence electrons. The second kappa shape index (κ2) is 6.19. The van der Waals surface area contributed by atoms with E-state index in [1.54, 1.807) is 6.26 Å². The highest BCUT2D eigenvalue weighted by Gasteiger charge is 2.18. The number of ether oxygens (including phenoxy) is 1. The lowest BCUT2D eigenvalue weighted by Gasteiger charge is -2.30. The molecule has 1 aromatic rings. The van der Waals surface area contributed by atoms with E-state index in [2.05, 4.69) is 24.2 Å². The molecular formula is C13H22N2O2. The predicted molar refractivity (Wildman–Crippen MR) is 67.1 cm³/mol. The molecule has 2 rings (SSSR count). The largest absolute Gasteiger partial charge is 0.469 e. The predicted octanol–water partition coefficient (Wildman–Crippen LogP) is 1.13. The molecule has 1 fully saturated rings.